The molecule has 1 amide bonds. The molecule has 6 heteroatoms. The van der Waals surface area contributed by atoms with Crippen LogP contribution in [0, 0.1) is 5.82 Å². The first-order chi connectivity index (χ1) is 12.1. The summed E-state index contributed by atoms with van der Waals surface area (Å²) in [6.07, 6.45) is 3.39. The number of amides is 1. The second-order valence-electron chi connectivity index (χ2n) is 5.99. The van der Waals surface area contributed by atoms with E-state index >= 15 is 0 Å². The standard InChI is InChI=1S/C19H20FN3OS/c20-16-13-15(9-10-17(16)23-11-5-2-6-12-23)21-19(25)22-18(24)14-7-3-1-4-8-14/h1,3-4,7-10,13H,2,5-6,11-12H2,(H2,21,22,24,25). The summed E-state index contributed by atoms with van der Waals surface area (Å²) in [5.74, 6) is -0.590. The van der Waals surface area contributed by atoms with Crippen molar-refractivity contribution in [1.29, 1.82) is 0 Å². The van der Waals surface area contributed by atoms with E-state index in [1.165, 1.54) is 12.5 Å². The lowest BCUT2D eigenvalue weighted by Crippen LogP contribution is -2.34. The van der Waals surface area contributed by atoms with Crippen LogP contribution in [-0.2, 0) is 0 Å². The van der Waals surface area contributed by atoms with Gasteiger partial charge in [-0.1, -0.05) is 18.2 Å². The van der Waals surface area contributed by atoms with Crippen molar-refractivity contribution in [3.63, 3.8) is 0 Å². The first-order valence-electron chi connectivity index (χ1n) is 8.35. The normalized spacial score (nSPS) is 14.0. The number of carbonyl (C=O) groups excluding carboxylic acids is 1. The van der Waals surface area contributed by atoms with Crippen molar-refractivity contribution >= 4 is 34.6 Å². The number of benzene rings is 2. The number of piperidine rings is 1. The highest BCUT2D eigenvalue weighted by Crippen LogP contribution is 2.25. The number of halogens is 1. The highest BCUT2D eigenvalue weighted by Gasteiger charge is 2.15. The lowest BCUT2D eigenvalue weighted by molar-refractivity contribution is 0.0977. The van der Waals surface area contributed by atoms with E-state index in [4.69, 9.17) is 12.2 Å². The van der Waals surface area contributed by atoms with E-state index in [1.54, 1.807) is 36.4 Å². The van der Waals surface area contributed by atoms with Crippen LogP contribution in [0.3, 0.4) is 0 Å². The van der Waals surface area contributed by atoms with Gasteiger partial charge in [0.25, 0.3) is 5.91 Å². The summed E-state index contributed by atoms with van der Waals surface area (Å²) in [5.41, 5.74) is 1.64. The van der Waals surface area contributed by atoms with E-state index in [1.807, 2.05) is 6.07 Å². The van der Waals surface area contributed by atoms with Crippen LogP contribution < -0.4 is 15.5 Å². The number of hydrogen-bond donors (Lipinski definition) is 2. The van der Waals surface area contributed by atoms with E-state index in [9.17, 15) is 9.18 Å². The van der Waals surface area contributed by atoms with Crippen molar-refractivity contribution in [2.24, 2.45) is 0 Å². The Morgan fingerprint density at radius 1 is 1.04 bits per heavy atom. The van der Waals surface area contributed by atoms with Gasteiger partial charge in [0.1, 0.15) is 5.82 Å². The number of nitrogens with zero attached hydrogens (tertiary/aromatic N) is 1. The van der Waals surface area contributed by atoms with Gasteiger partial charge >= 0.3 is 0 Å². The van der Waals surface area contributed by atoms with Crippen molar-refractivity contribution in [3.05, 3.63) is 59.9 Å². The third-order valence-electron chi connectivity index (χ3n) is 4.17. The van der Waals surface area contributed by atoms with Crippen LogP contribution in [0.25, 0.3) is 0 Å². The molecule has 1 saturated heterocycles. The first-order valence-corrected chi connectivity index (χ1v) is 8.76. The van der Waals surface area contributed by atoms with Gasteiger partial charge in [-0.25, -0.2) is 4.39 Å². The number of nitrogens with one attached hydrogen (secondary N) is 2. The number of hydrogen-bond acceptors (Lipinski definition) is 3. The molecule has 0 unspecified atom stereocenters. The van der Waals surface area contributed by atoms with Gasteiger partial charge in [-0.05, 0) is 61.8 Å². The molecule has 0 bridgehead atoms. The fourth-order valence-electron chi connectivity index (χ4n) is 2.90. The molecule has 0 spiro atoms. The Bertz CT molecular complexity index is 761. The summed E-state index contributed by atoms with van der Waals surface area (Å²) >= 11 is 5.14. The molecule has 0 saturated carbocycles. The molecule has 0 aliphatic carbocycles. The average molecular weight is 357 g/mol. The maximum atomic E-state index is 14.4. The molecule has 2 N–H and O–H groups in total. The zero-order valence-electron chi connectivity index (χ0n) is 13.8. The second kappa shape index (κ2) is 8.07. The second-order valence-corrected chi connectivity index (χ2v) is 6.40. The van der Waals surface area contributed by atoms with Crippen LogP contribution in [0.4, 0.5) is 15.8 Å². The van der Waals surface area contributed by atoms with E-state index in [0.717, 1.165) is 25.9 Å². The monoisotopic (exact) mass is 357 g/mol. The first kappa shape index (κ1) is 17.4. The zero-order valence-corrected chi connectivity index (χ0v) is 14.6. The Kier molecular flexibility index (Phi) is 5.60. The molecule has 1 aliphatic rings. The predicted molar refractivity (Wildman–Crippen MR) is 103 cm³/mol. The Morgan fingerprint density at radius 3 is 2.44 bits per heavy atom. The van der Waals surface area contributed by atoms with Crippen LogP contribution in [0.2, 0.25) is 0 Å². The molecule has 1 heterocycles. The molecule has 25 heavy (non-hydrogen) atoms. The van der Waals surface area contributed by atoms with E-state index in [2.05, 4.69) is 15.5 Å². The Labute approximate surface area is 152 Å². The molecule has 130 valence electrons. The van der Waals surface area contributed by atoms with Gasteiger partial charge in [0, 0.05) is 24.3 Å². The smallest absolute Gasteiger partial charge is 0.257 e. The Hall–Kier alpha value is -2.47. The van der Waals surface area contributed by atoms with Crippen LogP contribution in [0.5, 0.6) is 0 Å². The van der Waals surface area contributed by atoms with Crippen molar-refractivity contribution in [2.75, 3.05) is 23.3 Å². The minimum Gasteiger partial charge on any atom is -0.369 e. The maximum absolute atomic E-state index is 14.4. The zero-order chi connectivity index (χ0) is 17.6. The summed E-state index contributed by atoms with van der Waals surface area (Å²) < 4.78 is 14.4. The number of anilines is 2. The summed E-state index contributed by atoms with van der Waals surface area (Å²) in [4.78, 5) is 14.1. The fraction of sp³-hybridized carbons (Fsp3) is 0.263. The molecule has 1 fully saturated rings. The molecule has 0 aromatic heterocycles. The third kappa shape index (κ3) is 4.54. The quantitative estimate of drug-likeness (QED) is 0.817. The topological polar surface area (TPSA) is 44.4 Å². The molecule has 2 aromatic rings. The van der Waals surface area contributed by atoms with Crippen molar-refractivity contribution in [2.45, 2.75) is 19.3 Å². The van der Waals surface area contributed by atoms with Crippen LogP contribution in [0.1, 0.15) is 29.6 Å². The van der Waals surface area contributed by atoms with Crippen molar-refractivity contribution < 1.29 is 9.18 Å². The maximum Gasteiger partial charge on any atom is 0.257 e. The van der Waals surface area contributed by atoms with Gasteiger partial charge < -0.3 is 10.2 Å². The van der Waals surface area contributed by atoms with Crippen LogP contribution in [-0.4, -0.2) is 24.1 Å². The number of carbonyl (C=O) groups is 1. The molecule has 1 aliphatic heterocycles. The Morgan fingerprint density at radius 2 is 1.76 bits per heavy atom. The third-order valence-corrected chi connectivity index (χ3v) is 4.37. The number of rotatable bonds is 3. The van der Waals surface area contributed by atoms with Crippen molar-refractivity contribution in [1.82, 2.24) is 5.32 Å². The van der Waals surface area contributed by atoms with Crippen LogP contribution >= 0.6 is 12.2 Å². The Balaban J connectivity index is 1.61. The minimum atomic E-state index is -0.302. The minimum absolute atomic E-state index is 0.138. The van der Waals surface area contributed by atoms with Gasteiger partial charge in [-0.2, -0.15) is 0 Å². The summed E-state index contributed by atoms with van der Waals surface area (Å²) in [6.45, 7) is 1.77. The lowest BCUT2D eigenvalue weighted by atomic mass is 10.1. The van der Waals surface area contributed by atoms with Crippen LogP contribution in [0.15, 0.2) is 48.5 Å². The predicted octanol–water partition coefficient (Wildman–Crippen LogP) is 3.94. The van der Waals surface area contributed by atoms with Gasteiger partial charge in [-0.3, -0.25) is 10.1 Å². The highest BCUT2D eigenvalue weighted by atomic mass is 32.1. The molecule has 3 rings (SSSR count). The van der Waals surface area contributed by atoms with Gasteiger partial charge in [0.2, 0.25) is 0 Å². The van der Waals surface area contributed by atoms with Crippen molar-refractivity contribution in [3.8, 4) is 0 Å². The van der Waals surface area contributed by atoms with Gasteiger partial charge in [0.15, 0.2) is 5.11 Å². The van der Waals surface area contributed by atoms with Gasteiger partial charge in [-0.15, -0.1) is 0 Å². The summed E-state index contributed by atoms with van der Waals surface area (Å²) in [5, 5.41) is 5.58. The number of thiocarbonyl (C=S) groups is 1. The molecule has 2 aromatic carbocycles. The lowest BCUT2D eigenvalue weighted by Gasteiger charge is -2.29. The summed E-state index contributed by atoms with van der Waals surface area (Å²) in [7, 11) is 0. The average Bonchev–Trinajstić information content (AvgIpc) is 2.63. The van der Waals surface area contributed by atoms with Gasteiger partial charge in [0.05, 0.1) is 5.69 Å². The molecule has 0 atom stereocenters. The molecular formula is C19H20FN3OS. The summed E-state index contributed by atoms with van der Waals surface area (Å²) in [6, 6.07) is 13.7. The molecular weight excluding hydrogens is 337 g/mol. The highest BCUT2D eigenvalue weighted by molar-refractivity contribution is 7.80. The largest absolute Gasteiger partial charge is 0.369 e. The molecule has 4 nitrogen and oxygen atoms in total. The van der Waals surface area contributed by atoms with E-state index < -0.39 is 0 Å². The fourth-order valence-corrected chi connectivity index (χ4v) is 3.11. The van der Waals surface area contributed by atoms with E-state index in [0.29, 0.717) is 16.9 Å². The SMILES string of the molecule is O=C(NC(=S)Nc1ccc(N2CCCCC2)c(F)c1)c1ccccc1. The van der Waals surface area contributed by atoms with E-state index in [-0.39, 0.29) is 16.8 Å². The molecule has 0 radical (unpaired) electrons.